The van der Waals surface area contributed by atoms with Gasteiger partial charge in [-0.15, -0.1) is 0 Å². The Labute approximate surface area is 164 Å². The molecule has 2 aromatic carbocycles. The number of para-hydroxylation sites is 1. The lowest BCUT2D eigenvalue weighted by molar-refractivity contribution is -0.137. The van der Waals surface area contributed by atoms with Gasteiger partial charge in [0.15, 0.2) is 0 Å². The van der Waals surface area contributed by atoms with Gasteiger partial charge in [-0.25, -0.2) is 9.18 Å². The zero-order valence-electron chi connectivity index (χ0n) is 15.3. The van der Waals surface area contributed by atoms with Crippen molar-refractivity contribution in [3.63, 3.8) is 0 Å². The molecule has 1 atom stereocenters. The Hall–Kier alpha value is -3.10. The topological polar surface area (TPSA) is 61.4 Å². The molecule has 29 heavy (non-hydrogen) atoms. The average molecular weight is 409 g/mol. The molecule has 154 valence electrons. The van der Waals surface area contributed by atoms with Gasteiger partial charge in [-0.3, -0.25) is 4.79 Å². The highest BCUT2D eigenvalue weighted by Crippen LogP contribution is 2.34. The minimum absolute atomic E-state index is 0.0936. The van der Waals surface area contributed by atoms with Crippen LogP contribution in [0.3, 0.4) is 0 Å². The zero-order chi connectivity index (χ0) is 21.0. The van der Waals surface area contributed by atoms with Gasteiger partial charge < -0.3 is 15.5 Å². The third-order valence-corrected chi connectivity index (χ3v) is 4.61. The third-order valence-electron chi connectivity index (χ3n) is 4.61. The summed E-state index contributed by atoms with van der Waals surface area (Å²) in [4.78, 5) is 25.8. The van der Waals surface area contributed by atoms with Crippen LogP contribution in [0.5, 0.6) is 0 Å². The van der Waals surface area contributed by atoms with Crippen LogP contribution in [0.25, 0.3) is 0 Å². The Bertz CT molecular complexity index is 884. The summed E-state index contributed by atoms with van der Waals surface area (Å²) in [6.07, 6.45) is -4.36. The van der Waals surface area contributed by atoms with Crippen LogP contribution in [-0.2, 0) is 17.5 Å². The lowest BCUT2D eigenvalue weighted by Gasteiger charge is -2.17. The van der Waals surface area contributed by atoms with E-state index in [0.717, 1.165) is 11.6 Å². The number of carbonyl (C=O) groups excluding carboxylic acids is 2. The van der Waals surface area contributed by atoms with Crippen LogP contribution in [0.2, 0.25) is 0 Å². The molecule has 1 fully saturated rings. The van der Waals surface area contributed by atoms with Crippen LogP contribution < -0.4 is 10.6 Å². The van der Waals surface area contributed by atoms with Crippen molar-refractivity contribution in [3.05, 3.63) is 65.5 Å². The number of rotatable bonds is 5. The van der Waals surface area contributed by atoms with Gasteiger partial charge in [0.2, 0.25) is 5.91 Å². The molecule has 3 rings (SSSR count). The fraction of sp³-hybridized carbons (Fsp3) is 0.300. The van der Waals surface area contributed by atoms with Gasteiger partial charge in [0.1, 0.15) is 5.82 Å². The highest BCUT2D eigenvalue weighted by Gasteiger charge is 2.34. The van der Waals surface area contributed by atoms with E-state index in [9.17, 15) is 27.2 Å². The number of nitrogens with one attached hydrogen (secondary N) is 2. The minimum atomic E-state index is -4.58. The zero-order valence-corrected chi connectivity index (χ0v) is 15.3. The van der Waals surface area contributed by atoms with E-state index in [1.165, 1.54) is 30.3 Å². The second-order valence-electron chi connectivity index (χ2n) is 6.85. The second kappa shape index (κ2) is 8.50. The SMILES string of the molecule is O=C(NC[C@@H]1CC(=O)N(Cc2ccc(F)cc2)C1)Nc1ccccc1C(F)(F)F. The molecule has 9 heteroatoms. The summed E-state index contributed by atoms with van der Waals surface area (Å²) < 4.78 is 51.9. The standard InChI is InChI=1S/C20H19F4N3O2/c21-15-7-5-13(6-8-15)11-27-12-14(9-18(27)28)10-25-19(29)26-17-4-2-1-3-16(17)20(22,23)24/h1-8,14H,9-12H2,(H2,25,26,29)/t14-/m0/s1. The second-order valence-corrected chi connectivity index (χ2v) is 6.85. The highest BCUT2D eigenvalue weighted by molar-refractivity contribution is 5.90. The van der Waals surface area contributed by atoms with Crippen LogP contribution in [0.4, 0.5) is 28.0 Å². The molecule has 0 aliphatic carbocycles. The number of carbonyl (C=O) groups is 2. The van der Waals surface area contributed by atoms with E-state index in [-0.39, 0.29) is 36.3 Å². The number of amides is 3. The maximum absolute atomic E-state index is 13.0. The van der Waals surface area contributed by atoms with Crippen molar-refractivity contribution in [2.24, 2.45) is 5.92 Å². The number of alkyl halides is 3. The van der Waals surface area contributed by atoms with Gasteiger partial charge in [-0.1, -0.05) is 24.3 Å². The molecule has 1 aliphatic rings. The molecule has 0 radical (unpaired) electrons. The predicted molar refractivity (Wildman–Crippen MR) is 98.4 cm³/mol. The molecular formula is C20H19F4N3O2. The monoisotopic (exact) mass is 409 g/mol. The van der Waals surface area contributed by atoms with Crippen molar-refractivity contribution < 1.29 is 27.2 Å². The van der Waals surface area contributed by atoms with Crippen molar-refractivity contribution in [1.29, 1.82) is 0 Å². The summed E-state index contributed by atoms with van der Waals surface area (Å²) in [5.74, 6) is -0.614. The summed E-state index contributed by atoms with van der Waals surface area (Å²) in [5, 5.41) is 4.72. The fourth-order valence-corrected chi connectivity index (χ4v) is 3.20. The third kappa shape index (κ3) is 5.46. The molecule has 3 amide bonds. The van der Waals surface area contributed by atoms with Gasteiger partial charge in [-0.05, 0) is 29.8 Å². The molecule has 5 nitrogen and oxygen atoms in total. The predicted octanol–water partition coefficient (Wildman–Crippen LogP) is 4.01. The average Bonchev–Trinajstić information content (AvgIpc) is 3.01. The molecule has 1 saturated heterocycles. The maximum atomic E-state index is 13.0. The van der Waals surface area contributed by atoms with Gasteiger partial charge in [0, 0.05) is 32.0 Å². The summed E-state index contributed by atoms with van der Waals surface area (Å²) in [5.41, 5.74) is -0.482. The number of benzene rings is 2. The lowest BCUT2D eigenvalue weighted by Crippen LogP contribution is -2.34. The van der Waals surface area contributed by atoms with Crippen LogP contribution in [0.15, 0.2) is 48.5 Å². The Morgan fingerprint density at radius 2 is 1.79 bits per heavy atom. The van der Waals surface area contributed by atoms with E-state index in [1.54, 1.807) is 17.0 Å². The van der Waals surface area contributed by atoms with Crippen LogP contribution in [0.1, 0.15) is 17.5 Å². The normalized spacial score (nSPS) is 16.8. The molecule has 0 saturated carbocycles. The van der Waals surface area contributed by atoms with E-state index in [4.69, 9.17) is 0 Å². The number of halogens is 4. The summed E-state index contributed by atoms with van der Waals surface area (Å²) in [6, 6.07) is 9.76. The quantitative estimate of drug-likeness (QED) is 0.733. The summed E-state index contributed by atoms with van der Waals surface area (Å²) in [6.45, 7) is 0.877. The molecule has 2 aromatic rings. The highest BCUT2D eigenvalue weighted by atomic mass is 19.4. The largest absolute Gasteiger partial charge is 0.418 e. The Kier molecular flexibility index (Phi) is 6.05. The van der Waals surface area contributed by atoms with Gasteiger partial charge in [-0.2, -0.15) is 13.2 Å². The number of nitrogens with zero attached hydrogens (tertiary/aromatic N) is 1. The minimum Gasteiger partial charge on any atom is -0.338 e. The first-order chi connectivity index (χ1) is 13.7. The lowest BCUT2D eigenvalue weighted by atomic mass is 10.1. The number of anilines is 1. The van der Waals surface area contributed by atoms with Crippen molar-refractivity contribution >= 4 is 17.6 Å². The van der Waals surface area contributed by atoms with E-state index < -0.39 is 17.8 Å². The van der Waals surface area contributed by atoms with Crippen molar-refractivity contribution in [2.75, 3.05) is 18.4 Å². The summed E-state index contributed by atoms with van der Waals surface area (Å²) >= 11 is 0. The maximum Gasteiger partial charge on any atom is 0.418 e. The molecule has 0 unspecified atom stereocenters. The molecule has 1 heterocycles. The number of hydrogen-bond donors (Lipinski definition) is 2. The van der Waals surface area contributed by atoms with Crippen molar-refractivity contribution in [2.45, 2.75) is 19.1 Å². The van der Waals surface area contributed by atoms with Crippen molar-refractivity contribution in [3.8, 4) is 0 Å². The first kappa shape index (κ1) is 20.6. The van der Waals surface area contributed by atoms with E-state index >= 15 is 0 Å². The number of likely N-dealkylation sites (tertiary alicyclic amines) is 1. The van der Waals surface area contributed by atoms with Crippen molar-refractivity contribution in [1.82, 2.24) is 10.2 Å². The van der Waals surface area contributed by atoms with E-state index in [0.29, 0.717) is 13.1 Å². The Morgan fingerprint density at radius 3 is 2.48 bits per heavy atom. The van der Waals surface area contributed by atoms with Gasteiger partial charge >= 0.3 is 12.2 Å². The Morgan fingerprint density at radius 1 is 1.10 bits per heavy atom. The van der Waals surface area contributed by atoms with Gasteiger partial charge in [0.05, 0.1) is 11.3 Å². The first-order valence-electron chi connectivity index (χ1n) is 8.95. The molecule has 0 spiro atoms. The molecule has 1 aliphatic heterocycles. The smallest absolute Gasteiger partial charge is 0.338 e. The molecular weight excluding hydrogens is 390 g/mol. The Balaban J connectivity index is 1.51. The van der Waals surface area contributed by atoms with Crippen LogP contribution >= 0.6 is 0 Å². The van der Waals surface area contributed by atoms with Gasteiger partial charge in [0.25, 0.3) is 0 Å². The molecule has 0 bridgehead atoms. The molecule has 0 aromatic heterocycles. The van der Waals surface area contributed by atoms with E-state index in [2.05, 4.69) is 10.6 Å². The number of hydrogen-bond acceptors (Lipinski definition) is 2. The van der Waals surface area contributed by atoms with Crippen LogP contribution in [-0.4, -0.2) is 29.9 Å². The number of urea groups is 1. The molecule has 2 N–H and O–H groups in total. The van der Waals surface area contributed by atoms with Crippen LogP contribution in [0, 0.1) is 11.7 Å². The fourth-order valence-electron chi connectivity index (χ4n) is 3.20. The first-order valence-corrected chi connectivity index (χ1v) is 8.95. The van der Waals surface area contributed by atoms with E-state index in [1.807, 2.05) is 0 Å². The summed E-state index contributed by atoms with van der Waals surface area (Å²) in [7, 11) is 0.